The van der Waals surface area contributed by atoms with E-state index in [9.17, 15) is 14.4 Å². The molecule has 5 rings (SSSR count). The molecule has 2 aromatic rings. The third-order valence-electron chi connectivity index (χ3n) is 6.33. The number of carbonyl (C=O) groups excluding carboxylic acids is 3. The van der Waals surface area contributed by atoms with Gasteiger partial charge in [-0.2, -0.15) is 0 Å². The van der Waals surface area contributed by atoms with Crippen LogP contribution in [0.25, 0.3) is 0 Å². The number of imide groups is 1. The summed E-state index contributed by atoms with van der Waals surface area (Å²) in [4.78, 5) is 38.8. The molecule has 2 saturated heterocycles. The van der Waals surface area contributed by atoms with Gasteiger partial charge in [0.2, 0.25) is 5.91 Å². The van der Waals surface area contributed by atoms with Crippen molar-refractivity contribution < 1.29 is 28.6 Å². The summed E-state index contributed by atoms with van der Waals surface area (Å²) in [6.07, 6.45) is -0.693. The number of nitrogens with zero attached hydrogens (tertiary/aromatic N) is 1. The molecule has 0 spiro atoms. The Bertz CT molecular complexity index is 1150. The van der Waals surface area contributed by atoms with Crippen LogP contribution in [0.3, 0.4) is 0 Å². The summed E-state index contributed by atoms with van der Waals surface area (Å²) in [5.74, 6) is -2.28. The minimum Gasteiger partial charge on any atom is -0.372 e. The zero-order chi connectivity index (χ0) is 23.5. The van der Waals surface area contributed by atoms with E-state index in [4.69, 9.17) is 31.5 Å². The van der Waals surface area contributed by atoms with Gasteiger partial charge in [-0.1, -0.05) is 35.9 Å². The van der Waals surface area contributed by atoms with Gasteiger partial charge in [0.05, 0.1) is 41.0 Å². The van der Waals surface area contributed by atoms with E-state index in [2.05, 4.69) is 0 Å². The second-order valence-corrected chi connectivity index (χ2v) is 9.42. The highest BCUT2D eigenvalue weighted by Crippen LogP contribution is 2.45. The molecule has 3 atom stereocenters. The van der Waals surface area contributed by atoms with Gasteiger partial charge in [0.25, 0.3) is 11.8 Å². The van der Waals surface area contributed by atoms with Crippen LogP contribution in [0, 0.1) is 0 Å². The summed E-state index contributed by atoms with van der Waals surface area (Å²) in [6.45, 7) is 3.70. The van der Waals surface area contributed by atoms with Gasteiger partial charge in [-0.3, -0.25) is 19.3 Å². The molecule has 3 heterocycles. The minimum absolute atomic E-state index is 0.000991. The van der Waals surface area contributed by atoms with Crippen molar-refractivity contribution in [2.45, 2.75) is 43.9 Å². The number of primary amides is 1. The smallest absolute Gasteiger partial charge is 0.261 e. The Morgan fingerprint density at radius 2 is 1.79 bits per heavy atom. The van der Waals surface area contributed by atoms with Gasteiger partial charge in [0.15, 0.2) is 5.79 Å². The van der Waals surface area contributed by atoms with Crippen molar-refractivity contribution in [1.29, 1.82) is 0 Å². The first-order chi connectivity index (χ1) is 15.6. The number of rotatable bonds is 5. The predicted molar refractivity (Wildman–Crippen MR) is 118 cm³/mol. The average molecular weight is 471 g/mol. The van der Waals surface area contributed by atoms with Crippen LogP contribution in [0.2, 0.25) is 5.02 Å². The van der Waals surface area contributed by atoms with E-state index < -0.39 is 29.5 Å². The zero-order valence-electron chi connectivity index (χ0n) is 18.2. The first-order valence-electron chi connectivity index (χ1n) is 10.6. The van der Waals surface area contributed by atoms with Gasteiger partial charge >= 0.3 is 0 Å². The molecule has 3 aliphatic heterocycles. The number of halogens is 1. The van der Waals surface area contributed by atoms with Gasteiger partial charge in [0.1, 0.15) is 11.7 Å². The maximum absolute atomic E-state index is 13.0. The fourth-order valence-corrected chi connectivity index (χ4v) is 5.27. The van der Waals surface area contributed by atoms with Gasteiger partial charge in [0, 0.05) is 6.42 Å². The van der Waals surface area contributed by atoms with Gasteiger partial charge in [-0.15, -0.1) is 0 Å². The van der Waals surface area contributed by atoms with Crippen LogP contribution in [0.5, 0.6) is 0 Å². The Hall–Kier alpha value is -2.78. The molecule has 0 saturated carbocycles. The molecular formula is C24H23ClN2O6. The van der Waals surface area contributed by atoms with Crippen LogP contribution in [-0.4, -0.2) is 59.4 Å². The number of nitrogens with two attached hydrogens (primary N) is 1. The first-order valence-corrected chi connectivity index (χ1v) is 11.0. The molecule has 0 aliphatic carbocycles. The SMILES string of the molecule is CC1(C)O[C@@H]2[C@@H](Cc3cccc(C(N)=O)c3Cl)OC[C@]2(CN2C(=O)c3ccccc3C2=O)O1. The van der Waals surface area contributed by atoms with Crippen molar-refractivity contribution in [1.82, 2.24) is 4.90 Å². The molecule has 2 N–H and O–H groups in total. The maximum Gasteiger partial charge on any atom is 0.261 e. The number of ether oxygens (including phenoxy) is 3. The number of hydrogen-bond donors (Lipinski definition) is 1. The van der Waals surface area contributed by atoms with E-state index >= 15 is 0 Å². The van der Waals surface area contributed by atoms with Crippen molar-refractivity contribution in [3.05, 3.63) is 69.7 Å². The largest absolute Gasteiger partial charge is 0.372 e. The first kappa shape index (κ1) is 22.0. The monoisotopic (exact) mass is 470 g/mol. The standard InChI is InChI=1S/C24H23ClN2O6/c1-23(2)32-19-17(10-13-6-5-9-16(18(13)25)20(26)28)31-12-24(19,33-23)11-27-21(29)14-7-3-4-8-15(14)22(27)30/h3-9,17,19H,10-12H2,1-2H3,(H2,26,28)/t17-,19-,24+/m1/s1. The molecular weight excluding hydrogens is 448 g/mol. The summed E-state index contributed by atoms with van der Waals surface area (Å²) in [6, 6.07) is 11.8. The van der Waals surface area contributed by atoms with Gasteiger partial charge in [-0.25, -0.2) is 0 Å². The molecule has 0 bridgehead atoms. The van der Waals surface area contributed by atoms with Crippen LogP contribution in [0.1, 0.15) is 50.5 Å². The van der Waals surface area contributed by atoms with Crippen LogP contribution in [0.4, 0.5) is 0 Å². The highest BCUT2D eigenvalue weighted by atomic mass is 35.5. The molecule has 2 aromatic carbocycles. The van der Waals surface area contributed by atoms with E-state index in [-0.39, 0.29) is 35.6 Å². The van der Waals surface area contributed by atoms with Crippen molar-refractivity contribution in [3.63, 3.8) is 0 Å². The van der Waals surface area contributed by atoms with Crippen LogP contribution >= 0.6 is 11.6 Å². The van der Waals surface area contributed by atoms with Crippen molar-refractivity contribution in [3.8, 4) is 0 Å². The Morgan fingerprint density at radius 1 is 1.12 bits per heavy atom. The molecule has 9 heteroatoms. The number of fused-ring (bicyclic) bond motifs is 2. The lowest BCUT2D eigenvalue weighted by atomic mass is 9.92. The van der Waals surface area contributed by atoms with Crippen molar-refractivity contribution in [2.24, 2.45) is 5.73 Å². The second-order valence-electron chi connectivity index (χ2n) is 9.04. The Labute approximate surface area is 195 Å². The Balaban J connectivity index is 1.43. The molecule has 0 radical (unpaired) electrons. The van der Waals surface area contributed by atoms with Crippen LogP contribution < -0.4 is 5.73 Å². The minimum atomic E-state index is -1.03. The lowest BCUT2D eigenvalue weighted by Gasteiger charge is -2.30. The fourth-order valence-electron chi connectivity index (χ4n) is 4.98. The summed E-state index contributed by atoms with van der Waals surface area (Å²) in [7, 11) is 0. The molecule has 3 amide bonds. The highest BCUT2D eigenvalue weighted by molar-refractivity contribution is 6.34. The quantitative estimate of drug-likeness (QED) is 0.673. The predicted octanol–water partition coefficient (Wildman–Crippen LogP) is 2.57. The van der Waals surface area contributed by atoms with E-state index in [0.717, 1.165) is 0 Å². The Morgan fingerprint density at radius 3 is 2.42 bits per heavy atom. The van der Waals surface area contributed by atoms with Crippen molar-refractivity contribution >= 4 is 29.3 Å². The molecule has 33 heavy (non-hydrogen) atoms. The third-order valence-corrected chi connectivity index (χ3v) is 6.77. The van der Waals surface area contributed by atoms with Crippen LogP contribution in [-0.2, 0) is 20.6 Å². The van der Waals surface area contributed by atoms with Gasteiger partial charge in [-0.05, 0) is 37.6 Å². The number of carbonyl (C=O) groups is 3. The van der Waals surface area contributed by atoms with E-state index in [1.807, 2.05) is 0 Å². The second kappa shape index (κ2) is 7.63. The maximum atomic E-state index is 13.0. The molecule has 3 aliphatic rings. The van der Waals surface area contributed by atoms with E-state index in [0.29, 0.717) is 23.1 Å². The average Bonchev–Trinajstić information content (AvgIpc) is 3.30. The fraction of sp³-hybridized carbons (Fsp3) is 0.375. The molecule has 2 fully saturated rings. The molecule has 8 nitrogen and oxygen atoms in total. The topological polar surface area (TPSA) is 108 Å². The lowest BCUT2D eigenvalue weighted by molar-refractivity contribution is -0.190. The van der Waals surface area contributed by atoms with Gasteiger partial charge < -0.3 is 19.9 Å². The third kappa shape index (κ3) is 3.54. The van der Waals surface area contributed by atoms with E-state index in [1.54, 1.807) is 56.3 Å². The zero-order valence-corrected chi connectivity index (χ0v) is 18.9. The number of benzene rings is 2. The summed E-state index contributed by atoms with van der Waals surface area (Å²) in [5, 5.41) is 0.268. The number of hydrogen-bond acceptors (Lipinski definition) is 6. The molecule has 0 unspecified atom stereocenters. The van der Waals surface area contributed by atoms with E-state index in [1.165, 1.54) is 4.90 Å². The summed E-state index contributed by atoms with van der Waals surface area (Å²) in [5.41, 5.74) is 6.05. The lowest BCUT2D eigenvalue weighted by Crippen LogP contribution is -2.52. The molecule has 0 aromatic heterocycles. The summed E-state index contributed by atoms with van der Waals surface area (Å²) >= 11 is 6.42. The highest BCUT2D eigenvalue weighted by Gasteiger charge is 2.62. The van der Waals surface area contributed by atoms with Crippen molar-refractivity contribution in [2.75, 3.05) is 13.2 Å². The Kier molecular flexibility index (Phi) is 5.10. The van der Waals surface area contributed by atoms with Crippen LogP contribution in [0.15, 0.2) is 42.5 Å². The summed E-state index contributed by atoms with van der Waals surface area (Å²) < 4.78 is 18.5. The molecule has 172 valence electrons. The normalized spacial score (nSPS) is 27.7. The number of amides is 3.